The number of pyridine rings is 1. The molecule has 2 fully saturated rings. The van der Waals surface area contributed by atoms with Crippen LogP contribution in [0, 0.1) is 5.82 Å². The zero-order chi connectivity index (χ0) is 25.8. The maximum Gasteiger partial charge on any atom is 0.341 e. The molecule has 1 saturated heterocycles. The van der Waals surface area contributed by atoms with E-state index < -0.39 is 38.8 Å². The van der Waals surface area contributed by atoms with Crippen LogP contribution >= 0.6 is 11.6 Å². The second-order valence-electron chi connectivity index (χ2n) is 8.96. The van der Waals surface area contributed by atoms with Gasteiger partial charge in [-0.25, -0.2) is 22.3 Å². The zero-order valence-corrected chi connectivity index (χ0v) is 20.8. The summed E-state index contributed by atoms with van der Waals surface area (Å²) in [5.74, 6) is -1.63. The Bertz CT molecular complexity index is 1540. The second kappa shape index (κ2) is 9.06. The van der Waals surface area contributed by atoms with Gasteiger partial charge in [0.1, 0.15) is 17.1 Å². The summed E-state index contributed by atoms with van der Waals surface area (Å²) in [5.41, 5.74) is -0.889. The molecule has 2 N–H and O–H groups in total. The Kier molecular flexibility index (Phi) is 6.17. The zero-order valence-electron chi connectivity index (χ0n) is 19.2. The number of carboxylic acid groups (broad SMARTS) is 1. The van der Waals surface area contributed by atoms with Crippen molar-refractivity contribution >= 4 is 44.2 Å². The van der Waals surface area contributed by atoms with E-state index in [-0.39, 0.29) is 39.1 Å². The molecule has 1 atom stereocenters. The number of methoxy groups -OCH3 is 1. The molecule has 1 aliphatic carbocycles. The van der Waals surface area contributed by atoms with Crippen LogP contribution in [0.4, 0.5) is 10.1 Å². The van der Waals surface area contributed by atoms with Gasteiger partial charge in [0, 0.05) is 31.4 Å². The lowest BCUT2D eigenvalue weighted by Crippen LogP contribution is -2.37. The molecule has 2 aromatic carbocycles. The van der Waals surface area contributed by atoms with Crippen molar-refractivity contribution < 1.29 is 27.4 Å². The first-order valence-corrected chi connectivity index (χ1v) is 13.2. The van der Waals surface area contributed by atoms with Crippen LogP contribution in [0.25, 0.3) is 10.9 Å². The molecular formula is C24H23ClFN3O6S. The van der Waals surface area contributed by atoms with Crippen LogP contribution in [-0.2, 0) is 10.0 Å². The molecule has 3 aromatic rings. The molecule has 190 valence electrons. The van der Waals surface area contributed by atoms with E-state index in [0.717, 1.165) is 18.9 Å². The fourth-order valence-corrected chi connectivity index (χ4v) is 6.29. The predicted molar refractivity (Wildman–Crippen MR) is 132 cm³/mol. The largest absolute Gasteiger partial charge is 0.497 e. The molecule has 1 aliphatic heterocycles. The molecule has 0 spiro atoms. The van der Waals surface area contributed by atoms with Gasteiger partial charge >= 0.3 is 5.97 Å². The summed E-state index contributed by atoms with van der Waals surface area (Å²) in [6.45, 7) is 0.497. The lowest BCUT2D eigenvalue weighted by molar-refractivity contribution is 0.0694. The Morgan fingerprint density at radius 1 is 1.22 bits per heavy atom. The number of carboxylic acids is 1. The number of aromatic carboxylic acids is 1. The Hall–Kier alpha value is -3.15. The van der Waals surface area contributed by atoms with Gasteiger partial charge in [-0.05, 0) is 49.6 Å². The van der Waals surface area contributed by atoms with Crippen LogP contribution in [0.15, 0.2) is 46.2 Å². The maximum absolute atomic E-state index is 15.3. The number of hydrogen-bond acceptors (Lipinski definition) is 6. The predicted octanol–water partition coefficient (Wildman–Crippen LogP) is 3.39. The van der Waals surface area contributed by atoms with Gasteiger partial charge in [-0.1, -0.05) is 11.6 Å². The lowest BCUT2D eigenvalue weighted by atomic mass is 10.1. The topological polar surface area (TPSA) is 118 Å². The number of nitrogens with one attached hydrogen (secondary N) is 1. The summed E-state index contributed by atoms with van der Waals surface area (Å²) in [5, 5.41) is 9.35. The maximum atomic E-state index is 15.3. The van der Waals surface area contributed by atoms with E-state index in [9.17, 15) is 23.1 Å². The molecule has 0 bridgehead atoms. The third-order valence-corrected chi connectivity index (χ3v) is 8.44. The number of nitrogens with zero attached hydrogens (tertiary/aromatic N) is 2. The smallest absolute Gasteiger partial charge is 0.341 e. The third kappa shape index (κ3) is 4.31. The normalized spacial score (nSPS) is 18.1. The van der Waals surface area contributed by atoms with Crippen molar-refractivity contribution in [1.82, 2.24) is 9.29 Å². The SMILES string of the molecule is COc1ccc(S(=O)(=O)NC2CCN(c3c(F)cc4c(=O)c(C(=O)O)cn(C5CC5)c4c3Cl)C2)cc1. The average molecular weight is 536 g/mol. The molecule has 5 rings (SSSR count). The summed E-state index contributed by atoms with van der Waals surface area (Å²) >= 11 is 6.67. The van der Waals surface area contributed by atoms with Gasteiger partial charge in [0.2, 0.25) is 15.5 Å². The Morgan fingerprint density at radius 3 is 2.53 bits per heavy atom. The number of rotatable bonds is 7. The highest BCUT2D eigenvalue weighted by Crippen LogP contribution is 2.42. The minimum Gasteiger partial charge on any atom is -0.497 e. The van der Waals surface area contributed by atoms with Crippen LogP contribution in [-0.4, -0.2) is 50.3 Å². The van der Waals surface area contributed by atoms with Gasteiger partial charge in [-0.2, -0.15) is 0 Å². The van der Waals surface area contributed by atoms with Gasteiger partial charge in [-0.3, -0.25) is 4.79 Å². The van der Waals surface area contributed by atoms with Crippen molar-refractivity contribution in [2.45, 2.75) is 36.2 Å². The highest BCUT2D eigenvalue weighted by Gasteiger charge is 2.33. The number of benzene rings is 2. The molecule has 1 aromatic heterocycles. The summed E-state index contributed by atoms with van der Waals surface area (Å²) < 4.78 is 50.4. The molecule has 12 heteroatoms. The molecule has 1 saturated carbocycles. The van der Waals surface area contributed by atoms with Gasteiger partial charge in [-0.15, -0.1) is 0 Å². The van der Waals surface area contributed by atoms with Gasteiger partial charge in [0.05, 0.1) is 33.6 Å². The molecule has 1 unspecified atom stereocenters. The van der Waals surface area contributed by atoms with Crippen molar-refractivity contribution in [3.63, 3.8) is 0 Å². The van der Waals surface area contributed by atoms with Crippen LogP contribution in [0.5, 0.6) is 5.75 Å². The van der Waals surface area contributed by atoms with Crippen LogP contribution in [0.2, 0.25) is 5.02 Å². The molecule has 0 amide bonds. The van der Waals surface area contributed by atoms with Gasteiger partial charge in [0.25, 0.3) is 0 Å². The molecule has 9 nitrogen and oxygen atoms in total. The molecule has 2 aliphatic rings. The fraction of sp³-hybridized carbons (Fsp3) is 0.333. The highest BCUT2D eigenvalue weighted by molar-refractivity contribution is 7.89. The first-order chi connectivity index (χ1) is 17.1. The number of fused-ring (bicyclic) bond motifs is 1. The highest BCUT2D eigenvalue weighted by atomic mass is 35.5. The van der Waals surface area contributed by atoms with Crippen LogP contribution in [0.1, 0.15) is 35.7 Å². The fourth-order valence-electron chi connectivity index (χ4n) is 4.62. The van der Waals surface area contributed by atoms with Crippen LogP contribution < -0.4 is 19.8 Å². The van der Waals surface area contributed by atoms with Crippen molar-refractivity contribution in [2.24, 2.45) is 0 Å². The van der Waals surface area contributed by atoms with Crippen LogP contribution in [0.3, 0.4) is 0 Å². The lowest BCUT2D eigenvalue weighted by Gasteiger charge is -2.23. The summed E-state index contributed by atoms with van der Waals surface area (Å²) in [6, 6.07) is 6.49. The van der Waals surface area contributed by atoms with E-state index in [2.05, 4.69) is 4.72 Å². The third-order valence-electron chi connectivity index (χ3n) is 6.55. The summed E-state index contributed by atoms with van der Waals surface area (Å²) in [4.78, 5) is 26.1. The Morgan fingerprint density at radius 2 is 1.92 bits per heavy atom. The van der Waals surface area contributed by atoms with Crippen molar-refractivity contribution in [1.29, 1.82) is 0 Å². The molecule has 0 radical (unpaired) electrons. The number of ether oxygens (including phenoxy) is 1. The van der Waals surface area contributed by atoms with Crippen molar-refractivity contribution in [3.8, 4) is 5.75 Å². The summed E-state index contributed by atoms with van der Waals surface area (Å²) in [6.07, 6.45) is 3.27. The van der Waals surface area contributed by atoms with Gasteiger partial charge < -0.3 is 19.3 Å². The van der Waals surface area contributed by atoms with E-state index >= 15 is 4.39 Å². The number of anilines is 1. The standard InChI is InChI=1S/C24H23ClFN3O6S/c1-35-15-4-6-16(7-5-15)36(33,34)27-13-8-9-28(11-13)22-19(26)10-17-21(20(22)25)29(14-2-3-14)12-18(23(17)30)24(31)32/h4-7,10,12-14,27H,2-3,8-9,11H2,1H3,(H,31,32). The van der Waals surface area contributed by atoms with E-state index in [1.54, 1.807) is 21.6 Å². The Balaban J connectivity index is 1.47. The number of sulfonamides is 1. The second-order valence-corrected chi connectivity index (χ2v) is 11.1. The van der Waals surface area contributed by atoms with E-state index in [0.29, 0.717) is 18.7 Å². The van der Waals surface area contributed by atoms with E-state index in [4.69, 9.17) is 16.3 Å². The van der Waals surface area contributed by atoms with E-state index in [1.165, 1.54) is 25.4 Å². The molecular weight excluding hydrogens is 513 g/mol. The average Bonchev–Trinajstić information content (AvgIpc) is 3.59. The number of halogens is 2. The number of hydrogen-bond donors (Lipinski definition) is 2. The van der Waals surface area contributed by atoms with E-state index in [1.807, 2.05) is 0 Å². The Labute approximate surface area is 211 Å². The quantitative estimate of drug-likeness (QED) is 0.476. The number of carbonyl (C=O) groups is 1. The summed E-state index contributed by atoms with van der Waals surface area (Å²) in [7, 11) is -2.33. The number of aromatic nitrogens is 1. The van der Waals surface area contributed by atoms with Crippen molar-refractivity contribution in [3.05, 3.63) is 63.2 Å². The monoisotopic (exact) mass is 535 g/mol. The van der Waals surface area contributed by atoms with Crippen molar-refractivity contribution in [2.75, 3.05) is 25.1 Å². The van der Waals surface area contributed by atoms with Gasteiger partial charge in [0.15, 0.2) is 0 Å². The minimum absolute atomic E-state index is 0.00426. The molecule has 36 heavy (non-hydrogen) atoms. The molecule has 2 heterocycles. The first kappa shape index (κ1) is 24.5. The first-order valence-electron chi connectivity index (χ1n) is 11.3. The minimum atomic E-state index is -3.82.